The molecule has 0 spiro atoms. The fourth-order valence-electron chi connectivity index (χ4n) is 5.22. The molecule has 0 atom stereocenters. The van der Waals surface area contributed by atoms with Crippen LogP contribution in [0.2, 0.25) is 0 Å². The third kappa shape index (κ3) is 7.78. The zero-order valence-corrected chi connectivity index (χ0v) is 20.1. The lowest BCUT2D eigenvalue weighted by Crippen LogP contribution is -2.50. The summed E-state index contributed by atoms with van der Waals surface area (Å²) in [5, 5.41) is 2.99. The number of rotatable bonds is 10. The van der Waals surface area contributed by atoms with E-state index in [1.54, 1.807) is 0 Å². The van der Waals surface area contributed by atoms with Crippen molar-refractivity contribution in [2.24, 2.45) is 5.92 Å². The van der Waals surface area contributed by atoms with Crippen molar-refractivity contribution in [3.63, 3.8) is 0 Å². The quantitative estimate of drug-likeness (QED) is 0.534. The van der Waals surface area contributed by atoms with Crippen molar-refractivity contribution in [3.05, 3.63) is 24.0 Å². The second kappa shape index (κ2) is 12.4. The number of aromatic nitrogens is 1. The minimum atomic E-state index is 0.132. The van der Waals surface area contributed by atoms with Gasteiger partial charge in [-0.15, -0.1) is 0 Å². The number of nitrogens with one attached hydrogen (secondary N) is 1. The Bertz CT molecular complexity index is 661. The smallest absolute Gasteiger partial charge is 0.234 e. The number of unbranched alkanes of at least 4 members (excludes halogenated alkanes) is 3. The largest absolute Gasteiger partial charge is 0.368 e. The standard InChI is InChI=1S/C26H44N4O/c1-4-5-6-7-8-22-9-11-23(12-10-22)24-17-25(19-27-18-24)30-15-13-29(14-16-30)20-26(31)28-21(2)3/h17-19,21-23H,4-16,20H2,1-3H3,(H,28,31). The molecule has 3 rings (SSSR count). The summed E-state index contributed by atoms with van der Waals surface area (Å²) in [7, 11) is 0. The maximum absolute atomic E-state index is 12.0. The summed E-state index contributed by atoms with van der Waals surface area (Å²) in [5.74, 6) is 1.76. The molecule has 0 bridgehead atoms. The summed E-state index contributed by atoms with van der Waals surface area (Å²) < 4.78 is 0. The SMILES string of the molecule is CCCCCCC1CCC(c2cncc(N3CCN(CC(=O)NC(C)C)CC3)c2)CC1. The van der Waals surface area contributed by atoms with Crippen molar-refractivity contribution < 1.29 is 4.79 Å². The van der Waals surface area contributed by atoms with E-state index in [-0.39, 0.29) is 11.9 Å². The highest BCUT2D eigenvalue weighted by Crippen LogP contribution is 2.38. The number of nitrogens with zero attached hydrogens (tertiary/aromatic N) is 3. The third-order valence-corrected chi connectivity index (χ3v) is 7.08. The van der Waals surface area contributed by atoms with Gasteiger partial charge in [-0.3, -0.25) is 14.7 Å². The summed E-state index contributed by atoms with van der Waals surface area (Å²) in [5.41, 5.74) is 2.69. The molecule has 5 nitrogen and oxygen atoms in total. The Balaban J connectivity index is 1.44. The molecule has 5 heteroatoms. The Kier molecular flexibility index (Phi) is 9.63. The van der Waals surface area contributed by atoms with Gasteiger partial charge in [0.05, 0.1) is 18.4 Å². The van der Waals surface area contributed by atoms with Gasteiger partial charge in [-0.05, 0) is 63.0 Å². The number of carbonyl (C=O) groups is 1. The van der Waals surface area contributed by atoms with Crippen LogP contribution < -0.4 is 10.2 Å². The van der Waals surface area contributed by atoms with E-state index in [0.29, 0.717) is 12.5 Å². The predicted octanol–water partition coefficient (Wildman–Crippen LogP) is 4.97. The molecule has 2 heterocycles. The van der Waals surface area contributed by atoms with E-state index >= 15 is 0 Å². The van der Waals surface area contributed by atoms with Crippen molar-refractivity contribution in [2.45, 2.75) is 90.5 Å². The second-order valence-corrected chi connectivity index (χ2v) is 10.0. The lowest BCUT2D eigenvalue weighted by atomic mass is 9.77. The van der Waals surface area contributed by atoms with Crippen LogP contribution in [0, 0.1) is 5.92 Å². The highest BCUT2D eigenvalue weighted by atomic mass is 16.2. The van der Waals surface area contributed by atoms with Gasteiger partial charge in [0, 0.05) is 38.4 Å². The zero-order chi connectivity index (χ0) is 22.1. The van der Waals surface area contributed by atoms with Crippen LogP contribution in [0.4, 0.5) is 5.69 Å². The lowest BCUT2D eigenvalue weighted by molar-refractivity contribution is -0.122. The molecular weight excluding hydrogens is 384 g/mol. The Labute approximate surface area is 190 Å². The normalized spacial score (nSPS) is 22.6. The average molecular weight is 429 g/mol. The second-order valence-electron chi connectivity index (χ2n) is 10.0. The maximum atomic E-state index is 12.0. The molecule has 1 N–H and O–H groups in total. The van der Waals surface area contributed by atoms with E-state index < -0.39 is 0 Å². The van der Waals surface area contributed by atoms with Gasteiger partial charge < -0.3 is 10.2 Å². The van der Waals surface area contributed by atoms with E-state index in [0.717, 1.165) is 32.1 Å². The van der Waals surface area contributed by atoms with Gasteiger partial charge in [0.1, 0.15) is 0 Å². The molecule has 1 aromatic heterocycles. The van der Waals surface area contributed by atoms with E-state index in [1.165, 1.54) is 69.0 Å². The molecule has 1 aliphatic carbocycles. The number of pyridine rings is 1. The fraction of sp³-hybridized carbons (Fsp3) is 0.769. The molecule has 1 saturated carbocycles. The summed E-state index contributed by atoms with van der Waals surface area (Å²) >= 11 is 0. The lowest BCUT2D eigenvalue weighted by Gasteiger charge is -2.36. The van der Waals surface area contributed by atoms with E-state index in [4.69, 9.17) is 0 Å². The van der Waals surface area contributed by atoms with Crippen molar-refractivity contribution in [1.29, 1.82) is 0 Å². The highest BCUT2D eigenvalue weighted by molar-refractivity contribution is 5.78. The summed E-state index contributed by atoms with van der Waals surface area (Å²) in [6.07, 6.45) is 16.5. The van der Waals surface area contributed by atoms with Crippen molar-refractivity contribution >= 4 is 11.6 Å². The minimum absolute atomic E-state index is 0.132. The molecule has 1 amide bonds. The molecule has 0 radical (unpaired) electrons. The van der Waals surface area contributed by atoms with Gasteiger partial charge in [0.2, 0.25) is 5.91 Å². The van der Waals surface area contributed by atoms with Crippen molar-refractivity contribution in [2.75, 3.05) is 37.6 Å². The van der Waals surface area contributed by atoms with Crippen LogP contribution in [0.3, 0.4) is 0 Å². The topological polar surface area (TPSA) is 48.5 Å². The first-order chi connectivity index (χ1) is 15.0. The number of anilines is 1. The van der Waals surface area contributed by atoms with Crippen LogP contribution in [0.1, 0.15) is 90.0 Å². The molecule has 1 saturated heterocycles. The molecule has 2 fully saturated rings. The van der Waals surface area contributed by atoms with Gasteiger partial charge in [0.15, 0.2) is 0 Å². The number of piperazine rings is 1. The first kappa shape index (κ1) is 24.0. The number of hydrogen-bond acceptors (Lipinski definition) is 4. The number of hydrogen-bond donors (Lipinski definition) is 1. The average Bonchev–Trinajstić information content (AvgIpc) is 2.77. The molecule has 174 valence electrons. The molecule has 2 aliphatic rings. The van der Waals surface area contributed by atoms with Crippen LogP contribution in [0.5, 0.6) is 0 Å². The molecule has 1 aromatic rings. The van der Waals surface area contributed by atoms with Crippen LogP contribution in [-0.2, 0) is 4.79 Å². The van der Waals surface area contributed by atoms with E-state index in [1.807, 2.05) is 20.0 Å². The van der Waals surface area contributed by atoms with Gasteiger partial charge in [-0.25, -0.2) is 0 Å². The zero-order valence-electron chi connectivity index (χ0n) is 20.1. The van der Waals surface area contributed by atoms with Crippen molar-refractivity contribution in [3.8, 4) is 0 Å². The Morgan fingerprint density at radius 1 is 1.06 bits per heavy atom. The van der Waals surface area contributed by atoms with Gasteiger partial charge in [-0.1, -0.05) is 39.0 Å². The molecular formula is C26H44N4O. The van der Waals surface area contributed by atoms with Crippen LogP contribution in [-0.4, -0.2) is 54.6 Å². The van der Waals surface area contributed by atoms with Crippen LogP contribution >= 0.6 is 0 Å². The van der Waals surface area contributed by atoms with E-state index in [2.05, 4.69) is 39.3 Å². The summed E-state index contributed by atoms with van der Waals surface area (Å²) in [6.45, 7) is 10.6. The fourth-order valence-corrected chi connectivity index (χ4v) is 5.22. The molecule has 1 aliphatic heterocycles. The summed E-state index contributed by atoms with van der Waals surface area (Å²) in [4.78, 5) is 21.3. The maximum Gasteiger partial charge on any atom is 0.234 e. The number of amides is 1. The Morgan fingerprint density at radius 2 is 1.81 bits per heavy atom. The van der Waals surface area contributed by atoms with Gasteiger partial charge >= 0.3 is 0 Å². The highest BCUT2D eigenvalue weighted by Gasteiger charge is 2.24. The Hall–Kier alpha value is -1.62. The molecule has 0 unspecified atom stereocenters. The summed E-state index contributed by atoms with van der Waals surface area (Å²) in [6, 6.07) is 2.60. The van der Waals surface area contributed by atoms with Crippen LogP contribution in [0.25, 0.3) is 0 Å². The van der Waals surface area contributed by atoms with Gasteiger partial charge in [-0.2, -0.15) is 0 Å². The molecule has 31 heavy (non-hydrogen) atoms. The first-order valence-corrected chi connectivity index (χ1v) is 12.8. The first-order valence-electron chi connectivity index (χ1n) is 12.8. The van der Waals surface area contributed by atoms with Crippen LogP contribution in [0.15, 0.2) is 18.5 Å². The third-order valence-electron chi connectivity index (χ3n) is 7.08. The monoisotopic (exact) mass is 428 g/mol. The minimum Gasteiger partial charge on any atom is -0.368 e. The Morgan fingerprint density at radius 3 is 2.48 bits per heavy atom. The van der Waals surface area contributed by atoms with Crippen molar-refractivity contribution in [1.82, 2.24) is 15.2 Å². The van der Waals surface area contributed by atoms with Gasteiger partial charge in [0.25, 0.3) is 0 Å². The van der Waals surface area contributed by atoms with E-state index in [9.17, 15) is 4.79 Å². The number of carbonyl (C=O) groups excluding carboxylic acids is 1. The molecule has 0 aromatic carbocycles. The predicted molar refractivity (Wildman–Crippen MR) is 130 cm³/mol.